The van der Waals surface area contributed by atoms with Crippen molar-refractivity contribution in [2.45, 2.75) is 33.1 Å². The fourth-order valence-electron chi connectivity index (χ4n) is 2.14. The Balaban J connectivity index is 2.13. The average Bonchev–Trinajstić information content (AvgIpc) is 2.79. The van der Waals surface area contributed by atoms with Gasteiger partial charge in [0.05, 0.1) is 11.8 Å². The van der Waals surface area contributed by atoms with Gasteiger partial charge in [-0.05, 0) is 26.2 Å². The standard InChI is InChI=1S/C13H17N3O2S/c1-3-10-9(2)19-12(15-10)16-11(17)13(8-14)4-6-18-7-5-13/h3-7H2,1-2H3,(H,15,16,17). The van der Waals surface area contributed by atoms with Crippen LogP contribution in [0, 0.1) is 23.7 Å². The zero-order valence-electron chi connectivity index (χ0n) is 11.2. The minimum atomic E-state index is -0.968. The summed E-state index contributed by atoms with van der Waals surface area (Å²) in [6.45, 7) is 4.93. The number of carbonyl (C=O) groups is 1. The van der Waals surface area contributed by atoms with Crippen LogP contribution in [0.1, 0.15) is 30.3 Å². The summed E-state index contributed by atoms with van der Waals surface area (Å²) in [6, 6.07) is 2.16. The number of aryl methyl sites for hydroxylation is 2. The topological polar surface area (TPSA) is 75.0 Å². The van der Waals surface area contributed by atoms with Gasteiger partial charge in [0.1, 0.15) is 5.41 Å². The van der Waals surface area contributed by atoms with Gasteiger partial charge in [-0.2, -0.15) is 5.26 Å². The molecule has 1 aromatic heterocycles. The highest BCUT2D eigenvalue weighted by atomic mass is 32.1. The van der Waals surface area contributed by atoms with E-state index < -0.39 is 5.41 Å². The minimum Gasteiger partial charge on any atom is -0.381 e. The van der Waals surface area contributed by atoms with E-state index in [2.05, 4.69) is 16.4 Å². The molecule has 1 aliphatic heterocycles. The third-order valence-corrected chi connectivity index (χ3v) is 4.37. The molecule has 2 rings (SSSR count). The molecule has 0 atom stereocenters. The van der Waals surface area contributed by atoms with Gasteiger partial charge >= 0.3 is 0 Å². The monoisotopic (exact) mass is 279 g/mol. The predicted molar refractivity (Wildman–Crippen MR) is 73.0 cm³/mol. The SMILES string of the molecule is CCc1nc(NC(=O)C2(C#N)CCOCC2)sc1C. The maximum atomic E-state index is 12.3. The lowest BCUT2D eigenvalue weighted by Crippen LogP contribution is -2.39. The highest BCUT2D eigenvalue weighted by molar-refractivity contribution is 7.15. The van der Waals surface area contributed by atoms with Crippen LogP contribution in [0.5, 0.6) is 0 Å². The van der Waals surface area contributed by atoms with Crippen molar-refractivity contribution in [3.05, 3.63) is 10.6 Å². The van der Waals surface area contributed by atoms with Gasteiger partial charge in [-0.3, -0.25) is 4.79 Å². The number of nitriles is 1. The molecule has 0 unspecified atom stereocenters. The van der Waals surface area contributed by atoms with Crippen LogP contribution in [0.25, 0.3) is 0 Å². The van der Waals surface area contributed by atoms with Gasteiger partial charge in [0.2, 0.25) is 5.91 Å². The molecule has 0 spiro atoms. The Morgan fingerprint density at radius 1 is 1.58 bits per heavy atom. The lowest BCUT2D eigenvalue weighted by Gasteiger charge is -2.28. The number of aromatic nitrogens is 1. The number of carbonyl (C=O) groups excluding carboxylic acids is 1. The molecule has 2 heterocycles. The first kappa shape index (κ1) is 14.0. The second-order valence-corrected chi connectivity index (χ2v) is 5.84. The molecule has 102 valence electrons. The number of hydrogen-bond acceptors (Lipinski definition) is 5. The molecule has 5 nitrogen and oxygen atoms in total. The van der Waals surface area contributed by atoms with Crippen LogP contribution in [0.2, 0.25) is 0 Å². The molecule has 19 heavy (non-hydrogen) atoms. The van der Waals surface area contributed by atoms with Crippen LogP contribution in [0.4, 0.5) is 5.13 Å². The molecule has 1 fully saturated rings. The van der Waals surface area contributed by atoms with Gasteiger partial charge in [-0.15, -0.1) is 11.3 Å². The molecule has 0 bridgehead atoms. The van der Waals surface area contributed by atoms with E-state index in [9.17, 15) is 10.1 Å². The fourth-order valence-corrected chi connectivity index (χ4v) is 3.03. The van der Waals surface area contributed by atoms with Gasteiger partial charge in [0.15, 0.2) is 5.13 Å². The summed E-state index contributed by atoms with van der Waals surface area (Å²) in [5.41, 5.74) is 0.0304. The number of rotatable bonds is 3. The van der Waals surface area contributed by atoms with Crippen molar-refractivity contribution in [3.63, 3.8) is 0 Å². The second-order valence-electron chi connectivity index (χ2n) is 4.64. The summed E-state index contributed by atoms with van der Waals surface area (Å²) >= 11 is 1.46. The van der Waals surface area contributed by atoms with Crippen LogP contribution in [0.3, 0.4) is 0 Å². The molecule has 6 heteroatoms. The quantitative estimate of drug-likeness (QED) is 0.921. The van der Waals surface area contributed by atoms with Crippen molar-refractivity contribution >= 4 is 22.4 Å². The molecule has 1 N–H and O–H groups in total. The zero-order valence-corrected chi connectivity index (χ0v) is 12.0. The number of ether oxygens (including phenoxy) is 1. The number of thiazole rings is 1. The van der Waals surface area contributed by atoms with Crippen molar-refractivity contribution in [1.82, 2.24) is 4.98 Å². The molecule has 1 amide bonds. The smallest absolute Gasteiger partial charge is 0.246 e. The van der Waals surface area contributed by atoms with Crippen molar-refractivity contribution in [3.8, 4) is 6.07 Å². The summed E-state index contributed by atoms with van der Waals surface area (Å²) < 4.78 is 5.22. The highest BCUT2D eigenvalue weighted by Gasteiger charge is 2.40. The summed E-state index contributed by atoms with van der Waals surface area (Å²) in [6.07, 6.45) is 1.73. The first-order valence-corrected chi connectivity index (χ1v) is 7.19. The van der Waals surface area contributed by atoms with Crippen LogP contribution in [0.15, 0.2) is 0 Å². The number of hydrogen-bond donors (Lipinski definition) is 1. The van der Waals surface area contributed by atoms with Crippen molar-refractivity contribution < 1.29 is 9.53 Å². The van der Waals surface area contributed by atoms with E-state index in [1.807, 2.05) is 13.8 Å². The van der Waals surface area contributed by atoms with Gasteiger partial charge < -0.3 is 10.1 Å². The van der Waals surface area contributed by atoms with Crippen LogP contribution >= 0.6 is 11.3 Å². The Kier molecular flexibility index (Phi) is 4.17. The van der Waals surface area contributed by atoms with Crippen molar-refractivity contribution in [2.24, 2.45) is 5.41 Å². The van der Waals surface area contributed by atoms with Gasteiger partial charge in [-0.1, -0.05) is 6.92 Å². The lowest BCUT2D eigenvalue weighted by molar-refractivity contribution is -0.126. The van der Waals surface area contributed by atoms with E-state index in [0.29, 0.717) is 31.2 Å². The molecular formula is C13H17N3O2S. The van der Waals surface area contributed by atoms with Gasteiger partial charge in [0, 0.05) is 18.1 Å². The molecule has 1 aliphatic rings. The average molecular weight is 279 g/mol. The third kappa shape index (κ3) is 2.77. The molecule has 1 saturated heterocycles. The summed E-state index contributed by atoms with van der Waals surface area (Å²) in [5, 5.41) is 12.7. The number of anilines is 1. The molecule has 0 radical (unpaired) electrons. The number of amides is 1. The summed E-state index contributed by atoms with van der Waals surface area (Å²) in [7, 11) is 0. The molecule has 0 aromatic carbocycles. The first-order valence-electron chi connectivity index (χ1n) is 6.38. The Morgan fingerprint density at radius 2 is 2.26 bits per heavy atom. The van der Waals surface area contributed by atoms with E-state index in [1.165, 1.54) is 11.3 Å². The van der Waals surface area contributed by atoms with E-state index in [-0.39, 0.29) is 5.91 Å². The van der Waals surface area contributed by atoms with Crippen LogP contribution in [-0.2, 0) is 16.0 Å². The Hall–Kier alpha value is -1.45. The summed E-state index contributed by atoms with van der Waals surface area (Å²) in [5.74, 6) is -0.255. The molecule has 0 saturated carbocycles. The summed E-state index contributed by atoms with van der Waals surface area (Å²) in [4.78, 5) is 17.8. The highest BCUT2D eigenvalue weighted by Crippen LogP contribution is 2.32. The Labute approximate surface area is 116 Å². The largest absolute Gasteiger partial charge is 0.381 e. The number of nitrogens with one attached hydrogen (secondary N) is 1. The normalized spacial score (nSPS) is 17.7. The zero-order chi connectivity index (χ0) is 13.9. The van der Waals surface area contributed by atoms with Gasteiger partial charge in [0.25, 0.3) is 0 Å². The lowest BCUT2D eigenvalue weighted by atomic mass is 9.81. The Morgan fingerprint density at radius 3 is 2.79 bits per heavy atom. The van der Waals surface area contributed by atoms with E-state index in [0.717, 1.165) is 17.0 Å². The predicted octanol–water partition coefficient (Wildman–Crippen LogP) is 2.27. The van der Waals surface area contributed by atoms with Crippen molar-refractivity contribution in [1.29, 1.82) is 5.26 Å². The maximum Gasteiger partial charge on any atom is 0.246 e. The molecule has 0 aliphatic carbocycles. The number of nitrogens with zero attached hydrogens (tertiary/aromatic N) is 2. The third-order valence-electron chi connectivity index (χ3n) is 3.44. The van der Waals surface area contributed by atoms with Crippen molar-refractivity contribution in [2.75, 3.05) is 18.5 Å². The molecular weight excluding hydrogens is 262 g/mol. The Bertz CT molecular complexity index is 512. The fraction of sp³-hybridized carbons (Fsp3) is 0.615. The van der Waals surface area contributed by atoms with Crippen LogP contribution < -0.4 is 5.32 Å². The van der Waals surface area contributed by atoms with E-state index in [1.54, 1.807) is 0 Å². The van der Waals surface area contributed by atoms with Gasteiger partial charge in [-0.25, -0.2) is 4.98 Å². The van der Waals surface area contributed by atoms with Crippen LogP contribution in [-0.4, -0.2) is 24.1 Å². The molecule has 1 aromatic rings. The minimum absolute atomic E-state index is 0.255. The first-order chi connectivity index (χ1) is 9.11. The maximum absolute atomic E-state index is 12.3. The second kappa shape index (κ2) is 5.68. The van der Waals surface area contributed by atoms with E-state index >= 15 is 0 Å². The van der Waals surface area contributed by atoms with E-state index in [4.69, 9.17) is 4.74 Å².